The van der Waals surface area contributed by atoms with E-state index >= 15 is 0 Å². The molecular weight excluding hydrogens is 364 g/mol. The molecule has 0 spiro atoms. The summed E-state index contributed by atoms with van der Waals surface area (Å²) in [6, 6.07) is 8.93. The zero-order chi connectivity index (χ0) is 15.6. The third kappa shape index (κ3) is 3.66. The largest absolute Gasteiger partial charge is 0.242 e. The van der Waals surface area contributed by atoms with E-state index in [1.54, 1.807) is 25.1 Å². The molecule has 0 radical (unpaired) electrons. The Morgan fingerprint density at radius 1 is 1.10 bits per heavy atom. The summed E-state index contributed by atoms with van der Waals surface area (Å²) in [4.78, 5) is 0.0828. The molecule has 0 saturated heterocycles. The topological polar surface area (TPSA) is 46.2 Å². The zero-order valence-electron chi connectivity index (χ0n) is 11.0. The molecule has 0 bridgehead atoms. The zero-order valence-corrected chi connectivity index (χ0v) is 13.4. The van der Waals surface area contributed by atoms with Gasteiger partial charge in [-0.05, 0) is 52.7 Å². The van der Waals surface area contributed by atoms with Crippen molar-refractivity contribution in [3.05, 3.63) is 64.1 Å². The van der Waals surface area contributed by atoms with Gasteiger partial charge < -0.3 is 0 Å². The Kier molecular flexibility index (Phi) is 4.75. The van der Waals surface area contributed by atoms with Crippen LogP contribution in [0.25, 0.3) is 0 Å². The summed E-state index contributed by atoms with van der Waals surface area (Å²) < 4.78 is 53.5. The molecule has 21 heavy (non-hydrogen) atoms. The first-order valence-corrected chi connectivity index (χ1v) is 8.30. The van der Waals surface area contributed by atoms with Gasteiger partial charge in [0.2, 0.25) is 10.0 Å². The molecule has 0 unspecified atom stereocenters. The number of hydrogen-bond acceptors (Lipinski definition) is 2. The van der Waals surface area contributed by atoms with Crippen molar-refractivity contribution in [2.45, 2.75) is 17.9 Å². The van der Waals surface area contributed by atoms with Crippen molar-refractivity contribution in [2.24, 2.45) is 0 Å². The van der Waals surface area contributed by atoms with Crippen LogP contribution in [0.5, 0.6) is 0 Å². The fourth-order valence-corrected chi connectivity index (χ4v) is 4.04. The maximum Gasteiger partial charge on any atom is 0.242 e. The van der Waals surface area contributed by atoms with Crippen LogP contribution >= 0.6 is 15.9 Å². The van der Waals surface area contributed by atoms with Gasteiger partial charge in [-0.3, -0.25) is 0 Å². The van der Waals surface area contributed by atoms with Gasteiger partial charge in [-0.1, -0.05) is 18.2 Å². The first kappa shape index (κ1) is 16.1. The summed E-state index contributed by atoms with van der Waals surface area (Å²) in [6.45, 7) is 1.56. The molecule has 0 heterocycles. The number of hydrogen-bond donors (Lipinski definition) is 1. The van der Waals surface area contributed by atoms with Crippen LogP contribution in [0.2, 0.25) is 0 Å². The van der Waals surface area contributed by atoms with Crippen LogP contribution in [0.3, 0.4) is 0 Å². The Hall–Kier alpha value is -1.31. The highest BCUT2D eigenvalue weighted by Crippen LogP contribution is 2.24. The summed E-state index contributed by atoms with van der Waals surface area (Å²) in [5.74, 6) is -1.99. The van der Waals surface area contributed by atoms with Gasteiger partial charge in [-0.2, -0.15) is 0 Å². The minimum atomic E-state index is -3.77. The van der Waals surface area contributed by atoms with E-state index in [2.05, 4.69) is 20.7 Å². The Bertz CT molecular complexity index is 765. The van der Waals surface area contributed by atoms with Crippen LogP contribution < -0.4 is 4.72 Å². The van der Waals surface area contributed by atoms with Crippen molar-refractivity contribution in [1.82, 2.24) is 4.72 Å². The molecule has 0 fully saturated rings. The van der Waals surface area contributed by atoms with Gasteiger partial charge in [-0.25, -0.2) is 21.9 Å². The standard InChI is InChI=1S/C14H12BrF2NO2S/c1-9(10-6-7-12(16)13(17)8-10)18-21(19,20)14-5-3-2-4-11(14)15/h2-9,18H,1H3/t9-/m0/s1. The molecule has 2 rings (SSSR count). The minimum absolute atomic E-state index is 0.0828. The summed E-state index contributed by atoms with van der Waals surface area (Å²) in [7, 11) is -3.77. The molecular formula is C14H12BrF2NO2S. The van der Waals surface area contributed by atoms with E-state index in [1.807, 2.05) is 0 Å². The van der Waals surface area contributed by atoms with Gasteiger partial charge in [0.05, 0.1) is 4.90 Å². The van der Waals surface area contributed by atoms with Crippen molar-refractivity contribution < 1.29 is 17.2 Å². The maximum absolute atomic E-state index is 13.2. The SMILES string of the molecule is C[C@H](NS(=O)(=O)c1ccccc1Br)c1ccc(F)c(F)c1. The molecule has 0 saturated carbocycles. The van der Waals surface area contributed by atoms with Gasteiger partial charge in [-0.15, -0.1) is 0 Å². The second-order valence-corrected chi connectivity index (χ2v) is 6.98. The molecule has 2 aromatic carbocycles. The highest BCUT2D eigenvalue weighted by Gasteiger charge is 2.21. The Morgan fingerprint density at radius 3 is 2.38 bits per heavy atom. The quantitative estimate of drug-likeness (QED) is 0.883. The van der Waals surface area contributed by atoms with E-state index in [1.165, 1.54) is 12.1 Å². The summed E-state index contributed by atoms with van der Waals surface area (Å²) >= 11 is 3.17. The third-order valence-corrected chi connectivity index (χ3v) is 5.45. The average Bonchev–Trinajstić information content (AvgIpc) is 2.41. The third-order valence-electron chi connectivity index (χ3n) is 2.90. The van der Waals surface area contributed by atoms with Crippen LogP contribution in [0, 0.1) is 11.6 Å². The highest BCUT2D eigenvalue weighted by molar-refractivity contribution is 9.10. The minimum Gasteiger partial charge on any atom is -0.207 e. The maximum atomic E-state index is 13.2. The second kappa shape index (κ2) is 6.21. The fraction of sp³-hybridized carbons (Fsp3) is 0.143. The molecule has 2 aromatic rings. The lowest BCUT2D eigenvalue weighted by atomic mass is 10.1. The predicted molar refractivity (Wildman–Crippen MR) is 79.2 cm³/mol. The van der Waals surface area contributed by atoms with Crippen molar-refractivity contribution >= 4 is 26.0 Å². The molecule has 1 atom stereocenters. The smallest absolute Gasteiger partial charge is 0.207 e. The molecule has 0 aliphatic heterocycles. The van der Waals surface area contributed by atoms with Crippen molar-refractivity contribution in [2.75, 3.05) is 0 Å². The normalized spacial score (nSPS) is 13.1. The molecule has 0 amide bonds. The summed E-state index contributed by atoms with van der Waals surface area (Å²) in [5.41, 5.74) is 0.338. The number of benzene rings is 2. The van der Waals surface area contributed by atoms with Crippen LogP contribution in [-0.2, 0) is 10.0 Å². The van der Waals surface area contributed by atoms with E-state index < -0.39 is 27.7 Å². The fourth-order valence-electron chi connectivity index (χ4n) is 1.81. The predicted octanol–water partition coefficient (Wildman–Crippen LogP) is 3.77. The molecule has 7 heteroatoms. The van der Waals surface area contributed by atoms with Gasteiger partial charge in [0.1, 0.15) is 0 Å². The molecule has 1 N–H and O–H groups in total. The van der Waals surface area contributed by atoms with E-state index in [0.717, 1.165) is 12.1 Å². The van der Waals surface area contributed by atoms with Crippen LogP contribution in [0.4, 0.5) is 8.78 Å². The van der Waals surface area contributed by atoms with Crippen molar-refractivity contribution in [1.29, 1.82) is 0 Å². The lowest BCUT2D eigenvalue weighted by Crippen LogP contribution is -2.27. The molecule has 0 aliphatic rings. The average molecular weight is 376 g/mol. The molecule has 3 nitrogen and oxygen atoms in total. The lowest BCUT2D eigenvalue weighted by Gasteiger charge is -2.15. The molecule has 112 valence electrons. The monoisotopic (exact) mass is 375 g/mol. The molecule has 0 aromatic heterocycles. The van der Waals surface area contributed by atoms with Crippen molar-refractivity contribution in [3.8, 4) is 0 Å². The van der Waals surface area contributed by atoms with Crippen LogP contribution in [0.15, 0.2) is 51.8 Å². The number of rotatable bonds is 4. The van der Waals surface area contributed by atoms with E-state index in [-0.39, 0.29) is 4.90 Å². The molecule has 0 aliphatic carbocycles. The Balaban J connectivity index is 2.28. The van der Waals surface area contributed by atoms with Gasteiger partial charge >= 0.3 is 0 Å². The lowest BCUT2D eigenvalue weighted by molar-refractivity contribution is 0.504. The summed E-state index contributed by atoms with van der Waals surface area (Å²) in [5, 5.41) is 0. The van der Waals surface area contributed by atoms with Crippen LogP contribution in [0.1, 0.15) is 18.5 Å². The highest BCUT2D eigenvalue weighted by atomic mass is 79.9. The van der Waals surface area contributed by atoms with Gasteiger partial charge in [0.15, 0.2) is 11.6 Å². The number of halogens is 3. The Morgan fingerprint density at radius 2 is 1.76 bits per heavy atom. The first-order chi connectivity index (χ1) is 9.81. The number of sulfonamides is 1. The first-order valence-electron chi connectivity index (χ1n) is 6.03. The number of nitrogens with one attached hydrogen (secondary N) is 1. The summed E-state index contributed by atoms with van der Waals surface area (Å²) in [6.07, 6.45) is 0. The Labute approximate surface area is 130 Å². The van der Waals surface area contributed by atoms with E-state index in [0.29, 0.717) is 10.0 Å². The van der Waals surface area contributed by atoms with E-state index in [4.69, 9.17) is 0 Å². The van der Waals surface area contributed by atoms with E-state index in [9.17, 15) is 17.2 Å². The van der Waals surface area contributed by atoms with Crippen LogP contribution in [-0.4, -0.2) is 8.42 Å². The van der Waals surface area contributed by atoms with Gasteiger partial charge in [0.25, 0.3) is 0 Å². The van der Waals surface area contributed by atoms with Crippen molar-refractivity contribution in [3.63, 3.8) is 0 Å². The second-order valence-electron chi connectivity index (χ2n) is 4.45. The van der Waals surface area contributed by atoms with Gasteiger partial charge in [0, 0.05) is 10.5 Å².